The largest absolute Gasteiger partial charge is 0.392 e. The highest BCUT2D eigenvalue weighted by Crippen LogP contribution is 2.23. The molecule has 1 fully saturated rings. The molecule has 0 bridgehead atoms. The van der Waals surface area contributed by atoms with Gasteiger partial charge in [0, 0.05) is 18.6 Å². The van der Waals surface area contributed by atoms with E-state index < -0.39 is 0 Å². The molecule has 0 aromatic heterocycles. The quantitative estimate of drug-likeness (QED) is 0.753. The second-order valence-electron chi connectivity index (χ2n) is 5.14. The third-order valence-electron chi connectivity index (χ3n) is 3.54. The van der Waals surface area contributed by atoms with E-state index in [1.54, 1.807) is 0 Å². The van der Waals surface area contributed by atoms with Gasteiger partial charge in [0.2, 0.25) is 0 Å². The van der Waals surface area contributed by atoms with Crippen molar-refractivity contribution in [1.82, 2.24) is 4.90 Å². The van der Waals surface area contributed by atoms with Gasteiger partial charge in [-0.05, 0) is 32.6 Å². The number of nitrogens with zero attached hydrogens (tertiary/aromatic N) is 1. The number of aliphatic hydroxyl groups is 1. The summed E-state index contributed by atoms with van der Waals surface area (Å²) in [5.41, 5.74) is 0. The molecule has 0 radical (unpaired) electrons. The van der Waals surface area contributed by atoms with Gasteiger partial charge in [0.25, 0.3) is 0 Å². The molecule has 0 amide bonds. The van der Waals surface area contributed by atoms with E-state index in [0.29, 0.717) is 18.0 Å². The molecule has 3 atom stereocenters. The van der Waals surface area contributed by atoms with Crippen molar-refractivity contribution in [3.8, 4) is 0 Å². The molecule has 1 aliphatic rings. The van der Waals surface area contributed by atoms with Gasteiger partial charge in [-0.15, -0.1) is 0 Å². The van der Waals surface area contributed by atoms with E-state index in [4.69, 9.17) is 0 Å². The van der Waals surface area contributed by atoms with Crippen LogP contribution in [0.1, 0.15) is 47.0 Å². The van der Waals surface area contributed by atoms with Crippen molar-refractivity contribution < 1.29 is 5.11 Å². The monoisotopic (exact) mass is 199 g/mol. The summed E-state index contributed by atoms with van der Waals surface area (Å²) in [6.07, 6.45) is 3.75. The average molecular weight is 199 g/mol. The molecule has 1 rings (SSSR count). The van der Waals surface area contributed by atoms with Crippen molar-refractivity contribution in [1.29, 1.82) is 0 Å². The number of rotatable bonds is 3. The summed E-state index contributed by atoms with van der Waals surface area (Å²) in [6, 6.07) is 1.29. The maximum absolute atomic E-state index is 9.87. The van der Waals surface area contributed by atoms with Gasteiger partial charge in [0.05, 0.1) is 6.10 Å². The fraction of sp³-hybridized carbons (Fsp3) is 1.00. The Morgan fingerprint density at radius 2 is 1.71 bits per heavy atom. The van der Waals surface area contributed by atoms with Crippen LogP contribution in [0.15, 0.2) is 0 Å². The predicted octanol–water partition coefficient (Wildman–Crippen LogP) is 2.27. The van der Waals surface area contributed by atoms with Gasteiger partial charge < -0.3 is 5.11 Å². The number of likely N-dealkylation sites (tertiary alicyclic amines) is 1. The van der Waals surface area contributed by atoms with Crippen LogP contribution in [-0.4, -0.2) is 34.7 Å². The van der Waals surface area contributed by atoms with Crippen LogP contribution in [0.2, 0.25) is 0 Å². The lowest BCUT2D eigenvalue weighted by Gasteiger charge is -2.40. The summed E-state index contributed by atoms with van der Waals surface area (Å²) in [5, 5.41) is 9.87. The SMILES string of the molecule is CC(C)C(O)CN1[C@H](C)CCC[C@@H]1C. The molecule has 0 saturated carbocycles. The van der Waals surface area contributed by atoms with E-state index in [1.165, 1.54) is 19.3 Å². The zero-order valence-electron chi connectivity index (χ0n) is 10.0. The molecule has 1 heterocycles. The van der Waals surface area contributed by atoms with E-state index in [9.17, 15) is 5.11 Å². The zero-order chi connectivity index (χ0) is 10.7. The summed E-state index contributed by atoms with van der Waals surface area (Å²) < 4.78 is 0. The fourth-order valence-corrected chi connectivity index (χ4v) is 2.26. The highest BCUT2D eigenvalue weighted by molar-refractivity contribution is 4.81. The van der Waals surface area contributed by atoms with Gasteiger partial charge in [-0.25, -0.2) is 0 Å². The minimum atomic E-state index is -0.169. The average Bonchev–Trinajstić information content (AvgIpc) is 2.11. The first-order valence-electron chi connectivity index (χ1n) is 5.96. The molecule has 1 N–H and O–H groups in total. The molecule has 0 aromatic rings. The molecular formula is C12H25NO. The molecule has 14 heavy (non-hydrogen) atoms. The molecule has 0 aliphatic carbocycles. The van der Waals surface area contributed by atoms with Crippen molar-refractivity contribution in [2.24, 2.45) is 5.92 Å². The fourth-order valence-electron chi connectivity index (χ4n) is 2.26. The molecule has 2 nitrogen and oxygen atoms in total. The first kappa shape index (κ1) is 12.0. The van der Waals surface area contributed by atoms with Crippen molar-refractivity contribution in [2.75, 3.05) is 6.54 Å². The van der Waals surface area contributed by atoms with E-state index in [2.05, 4.69) is 32.6 Å². The van der Waals surface area contributed by atoms with Gasteiger partial charge in [-0.1, -0.05) is 20.3 Å². The van der Waals surface area contributed by atoms with Gasteiger partial charge in [-0.3, -0.25) is 4.90 Å². The van der Waals surface area contributed by atoms with Crippen molar-refractivity contribution in [2.45, 2.75) is 65.1 Å². The first-order chi connectivity index (χ1) is 6.52. The van der Waals surface area contributed by atoms with E-state index in [-0.39, 0.29) is 6.10 Å². The maximum atomic E-state index is 9.87. The standard InChI is InChI=1S/C12H25NO/c1-9(2)12(14)8-13-10(3)6-5-7-11(13)4/h9-12,14H,5-8H2,1-4H3/t10-,11+,12?. The summed E-state index contributed by atoms with van der Waals surface area (Å²) in [5.74, 6) is 0.372. The van der Waals surface area contributed by atoms with Crippen LogP contribution in [0.4, 0.5) is 0 Å². The Morgan fingerprint density at radius 3 is 2.14 bits per heavy atom. The Kier molecular flexibility index (Phi) is 4.39. The molecule has 84 valence electrons. The summed E-state index contributed by atoms with van der Waals surface area (Å²) >= 11 is 0. The van der Waals surface area contributed by atoms with Crippen LogP contribution in [0.25, 0.3) is 0 Å². The van der Waals surface area contributed by atoms with Crippen molar-refractivity contribution in [3.63, 3.8) is 0 Å². The topological polar surface area (TPSA) is 23.5 Å². The van der Waals surface area contributed by atoms with Crippen LogP contribution >= 0.6 is 0 Å². The molecular weight excluding hydrogens is 174 g/mol. The molecule has 2 heteroatoms. The Bertz CT molecular complexity index is 160. The Labute approximate surface area is 88.3 Å². The maximum Gasteiger partial charge on any atom is 0.0690 e. The smallest absolute Gasteiger partial charge is 0.0690 e. The summed E-state index contributed by atoms with van der Waals surface area (Å²) in [4.78, 5) is 2.47. The highest BCUT2D eigenvalue weighted by atomic mass is 16.3. The van der Waals surface area contributed by atoms with Crippen molar-refractivity contribution in [3.05, 3.63) is 0 Å². The third kappa shape index (κ3) is 2.96. The molecule has 1 unspecified atom stereocenters. The lowest BCUT2D eigenvalue weighted by Crippen LogP contribution is -2.48. The minimum absolute atomic E-state index is 0.169. The highest BCUT2D eigenvalue weighted by Gasteiger charge is 2.26. The van der Waals surface area contributed by atoms with Crippen LogP contribution in [0, 0.1) is 5.92 Å². The van der Waals surface area contributed by atoms with E-state index >= 15 is 0 Å². The number of hydrogen-bond donors (Lipinski definition) is 1. The molecule has 0 spiro atoms. The van der Waals surface area contributed by atoms with Gasteiger partial charge in [0.15, 0.2) is 0 Å². The van der Waals surface area contributed by atoms with Gasteiger partial charge in [-0.2, -0.15) is 0 Å². The zero-order valence-corrected chi connectivity index (χ0v) is 10.0. The summed E-state index contributed by atoms with van der Waals surface area (Å²) in [6.45, 7) is 9.58. The number of β-amino-alcohol motifs (C(OH)–C–C–N with tert-alkyl or cyclic N) is 1. The molecule has 1 aliphatic heterocycles. The van der Waals surface area contributed by atoms with E-state index in [0.717, 1.165) is 6.54 Å². The number of aliphatic hydroxyl groups excluding tert-OH is 1. The van der Waals surface area contributed by atoms with Crippen LogP contribution in [0.3, 0.4) is 0 Å². The minimum Gasteiger partial charge on any atom is -0.392 e. The number of hydrogen-bond acceptors (Lipinski definition) is 2. The Morgan fingerprint density at radius 1 is 1.21 bits per heavy atom. The first-order valence-corrected chi connectivity index (χ1v) is 5.96. The van der Waals surface area contributed by atoms with Crippen LogP contribution in [0.5, 0.6) is 0 Å². The molecule has 0 aromatic carbocycles. The second kappa shape index (κ2) is 5.13. The molecule has 1 saturated heterocycles. The summed E-state index contributed by atoms with van der Waals surface area (Å²) in [7, 11) is 0. The Hall–Kier alpha value is -0.0800. The second-order valence-corrected chi connectivity index (χ2v) is 5.14. The van der Waals surface area contributed by atoms with Gasteiger partial charge in [0.1, 0.15) is 0 Å². The van der Waals surface area contributed by atoms with Gasteiger partial charge >= 0.3 is 0 Å². The normalized spacial score (nSPS) is 32.1. The van der Waals surface area contributed by atoms with Crippen LogP contribution < -0.4 is 0 Å². The van der Waals surface area contributed by atoms with E-state index in [1.807, 2.05) is 0 Å². The van der Waals surface area contributed by atoms with Crippen LogP contribution in [-0.2, 0) is 0 Å². The third-order valence-corrected chi connectivity index (χ3v) is 3.54. The number of piperidine rings is 1. The lowest BCUT2D eigenvalue weighted by molar-refractivity contribution is 0.0223. The predicted molar refractivity (Wildman–Crippen MR) is 60.3 cm³/mol. The lowest BCUT2D eigenvalue weighted by atomic mass is 9.95. The Balaban J connectivity index is 2.47. The van der Waals surface area contributed by atoms with Crippen molar-refractivity contribution >= 4 is 0 Å².